The van der Waals surface area contributed by atoms with E-state index in [1.807, 2.05) is 18.0 Å². The van der Waals surface area contributed by atoms with E-state index in [9.17, 15) is 4.79 Å². The average molecular weight is 345 g/mol. The number of hydrogen-bond acceptors (Lipinski definition) is 7. The molecular formula is C16H23N7O2. The number of carbonyl (C=O) groups is 1. The van der Waals surface area contributed by atoms with Crippen LogP contribution in [0.3, 0.4) is 0 Å². The van der Waals surface area contributed by atoms with Gasteiger partial charge in [-0.3, -0.25) is 9.89 Å². The molecule has 0 saturated carbocycles. The Labute approximate surface area is 146 Å². The Bertz CT molecular complexity index is 732. The number of nitrogens with one attached hydrogen (secondary N) is 1. The third kappa shape index (κ3) is 3.87. The van der Waals surface area contributed by atoms with Crippen molar-refractivity contribution in [1.29, 1.82) is 0 Å². The summed E-state index contributed by atoms with van der Waals surface area (Å²) < 4.78 is 4.96. The molecule has 3 N–H and O–H groups in total. The van der Waals surface area contributed by atoms with Crippen LogP contribution in [-0.4, -0.2) is 64.8 Å². The normalized spacial score (nSPS) is 14.1. The Hall–Kier alpha value is -2.68. The van der Waals surface area contributed by atoms with E-state index in [-0.39, 0.29) is 18.5 Å². The summed E-state index contributed by atoms with van der Waals surface area (Å²) >= 11 is 0. The summed E-state index contributed by atoms with van der Waals surface area (Å²) in [5.74, 6) is 1.05. The van der Waals surface area contributed by atoms with E-state index in [0.717, 1.165) is 22.8 Å². The maximum Gasteiger partial charge on any atom is 0.248 e. The number of H-pyrrole nitrogens is 1. The van der Waals surface area contributed by atoms with Gasteiger partial charge in [-0.15, -0.1) is 0 Å². The van der Waals surface area contributed by atoms with Gasteiger partial charge in [0.25, 0.3) is 0 Å². The number of fused-ring (bicyclic) bond motifs is 1. The zero-order valence-electron chi connectivity index (χ0n) is 14.5. The molecule has 1 amide bonds. The molecule has 1 aliphatic heterocycles. The zero-order valence-corrected chi connectivity index (χ0v) is 14.5. The summed E-state index contributed by atoms with van der Waals surface area (Å²) in [4.78, 5) is 24.8. The minimum atomic E-state index is -0.0106. The maximum absolute atomic E-state index is 12.1. The van der Waals surface area contributed by atoms with Crippen LogP contribution in [0.25, 0.3) is 0 Å². The average Bonchev–Trinajstić information content (AvgIpc) is 2.99. The number of aromatic nitrogens is 4. The maximum atomic E-state index is 12.1. The molecule has 134 valence electrons. The van der Waals surface area contributed by atoms with Crippen molar-refractivity contribution in [3.63, 3.8) is 0 Å². The summed E-state index contributed by atoms with van der Waals surface area (Å²) in [5.41, 5.74) is 8.86. The minimum Gasteiger partial charge on any atom is -0.375 e. The molecule has 1 aliphatic rings. The fraction of sp³-hybridized carbons (Fsp3) is 0.500. The van der Waals surface area contributed by atoms with E-state index < -0.39 is 0 Å². The van der Waals surface area contributed by atoms with Crippen LogP contribution in [-0.2, 0) is 28.9 Å². The lowest BCUT2D eigenvalue weighted by Crippen LogP contribution is -2.35. The Morgan fingerprint density at radius 1 is 1.40 bits per heavy atom. The first kappa shape index (κ1) is 17.2. The van der Waals surface area contributed by atoms with Crippen molar-refractivity contribution < 1.29 is 9.53 Å². The number of anilines is 2. The van der Waals surface area contributed by atoms with Gasteiger partial charge in [-0.2, -0.15) is 10.1 Å². The number of hydrogen-bond donors (Lipinski definition) is 2. The molecular weight excluding hydrogens is 322 g/mol. The number of amides is 1. The number of carbonyl (C=O) groups excluding carboxylic acids is 1. The third-order valence-corrected chi connectivity index (χ3v) is 4.29. The van der Waals surface area contributed by atoms with Crippen molar-refractivity contribution in [2.24, 2.45) is 0 Å². The van der Waals surface area contributed by atoms with Gasteiger partial charge < -0.3 is 20.3 Å². The second-order valence-corrected chi connectivity index (χ2v) is 6.08. The van der Waals surface area contributed by atoms with E-state index in [1.54, 1.807) is 11.1 Å². The third-order valence-electron chi connectivity index (χ3n) is 4.29. The van der Waals surface area contributed by atoms with Crippen LogP contribution >= 0.6 is 0 Å². The van der Waals surface area contributed by atoms with Gasteiger partial charge >= 0.3 is 0 Å². The van der Waals surface area contributed by atoms with Crippen molar-refractivity contribution >= 4 is 17.7 Å². The highest BCUT2D eigenvalue weighted by molar-refractivity contribution is 5.77. The Morgan fingerprint density at radius 3 is 2.92 bits per heavy atom. The molecule has 0 fully saturated rings. The number of ether oxygens (including phenoxy) is 1. The van der Waals surface area contributed by atoms with Crippen LogP contribution in [0.5, 0.6) is 0 Å². The molecule has 0 atom stereocenters. The first-order valence-corrected chi connectivity index (χ1v) is 8.20. The standard InChI is InChI=1S/C16H23N7O2/c1-22(9-11-3-6-18-21-11)15-12-4-7-23(14(24)10-25-2)8-5-13(12)19-16(17)20-15/h3,6H,4-5,7-10H2,1-2H3,(H,18,21)(H2,17,19,20). The van der Waals surface area contributed by atoms with Crippen molar-refractivity contribution in [2.45, 2.75) is 19.4 Å². The van der Waals surface area contributed by atoms with Gasteiger partial charge in [-0.25, -0.2) is 4.98 Å². The van der Waals surface area contributed by atoms with E-state index >= 15 is 0 Å². The van der Waals surface area contributed by atoms with Crippen molar-refractivity contribution in [1.82, 2.24) is 25.1 Å². The van der Waals surface area contributed by atoms with Crippen molar-refractivity contribution in [3.8, 4) is 0 Å². The van der Waals surface area contributed by atoms with E-state index in [0.29, 0.717) is 32.5 Å². The zero-order chi connectivity index (χ0) is 17.8. The molecule has 0 saturated heterocycles. The Morgan fingerprint density at radius 2 is 2.20 bits per heavy atom. The lowest BCUT2D eigenvalue weighted by atomic mass is 10.1. The van der Waals surface area contributed by atoms with Gasteiger partial charge in [0.1, 0.15) is 12.4 Å². The molecule has 3 heterocycles. The first-order chi connectivity index (χ1) is 12.1. The van der Waals surface area contributed by atoms with Crippen molar-refractivity contribution in [3.05, 3.63) is 29.2 Å². The summed E-state index contributed by atoms with van der Waals surface area (Å²) in [6.07, 6.45) is 3.06. The van der Waals surface area contributed by atoms with Crippen LogP contribution < -0.4 is 10.6 Å². The molecule has 3 rings (SSSR count). The van der Waals surface area contributed by atoms with Crippen LogP contribution in [0.15, 0.2) is 12.3 Å². The lowest BCUT2D eigenvalue weighted by molar-refractivity contribution is -0.135. The highest BCUT2D eigenvalue weighted by Gasteiger charge is 2.23. The first-order valence-electron chi connectivity index (χ1n) is 8.20. The quantitative estimate of drug-likeness (QED) is 0.783. The van der Waals surface area contributed by atoms with Gasteiger partial charge in [0.2, 0.25) is 11.9 Å². The molecule has 2 aromatic rings. The van der Waals surface area contributed by atoms with Crippen LogP contribution in [0.4, 0.5) is 11.8 Å². The molecule has 0 bridgehead atoms. The molecule has 0 aromatic carbocycles. The topological polar surface area (TPSA) is 113 Å². The highest BCUT2D eigenvalue weighted by atomic mass is 16.5. The fourth-order valence-electron chi connectivity index (χ4n) is 3.08. The highest BCUT2D eigenvalue weighted by Crippen LogP contribution is 2.25. The fourth-order valence-corrected chi connectivity index (χ4v) is 3.08. The largest absolute Gasteiger partial charge is 0.375 e. The van der Waals surface area contributed by atoms with Gasteiger partial charge in [0.15, 0.2) is 0 Å². The van der Waals surface area contributed by atoms with Gasteiger partial charge in [-0.05, 0) is 12.5 Å². The lowest BCUT2D eigenvalue weighted by Gasteiger charge is -2.22. The number of aromatic amines is 1. The van der Waals surface area contributed by atoms with Gasteiger partial charge in [-0.1, -0.05) is 0 Å². The monoisotopic (exact) mass is 345 g/mol. The van der Waals surface area contributed by atoms with E-state index in [1.165, 1.54) is 7.11 Å². The SMILES string of the molecule is COCC(=O)N1CCc2nc(N)nc(N(C)Cc3ccn[nH]3)c2CC1. The summed E-state index contributed by atoms with van der Waals surface area (Å²) in [6, 6.07) is 1.92. The minimum absolute atomic E-state index is 0.0106. The predicted octanol–water partition coefficient (Wildman–Crippen LogP) is -0.00810. The molecule has 0 aliphatic carbocycles. The van der Waals surface area contributed by atoms with Crippen molar-refractivity contribution in [2.75, 3.05) is 44.5 Å². The molecule has 9 nitrogen and oxygen atoms in total. The molecule has 9 heteroatoms. The summed E-state index contributed by atoms with van der Waals surface area (Å²) in [5, 5.41) is 6.92. The summed E-state index contributed by atoms with van der Waals surface area (Å²) in [7, 11) is 3.49. The van der Waals surface area contributed by atoms with Crippen LogP contribution in [0.2, 0.25) is 0 Å². The molecule has 0 spiro atoms. The predicted molar refractivity (Wildman–Crippen MR) is 93.0 cm³/mol. The molecule has 0 radical (unpaired) electrons. The van der Waals surface area contributed by atoms with Crippen LogP contribution in [0.1, 0.15) is 17.0 Å². The summed E-state index contributed by atoms with van der Waals surface area (Å²) in [6.45, 7) is 1.95. The second kappa shape index (κ2) is 7.47. The Balaban J connectivity index is 1.83. The van der Waals surface area contributed by atoms with Gasteiger partial charge in [0.05, 0.1) is 17.9 Å². The second-order valence-electron chi connectivity index (χ2n) is 6.08. The number of nitrogens with two attached hydrogens (primary N) is 1. The number of methoxy groups -OCH3 is 1. The molecule has 25 heavy (non-hydrogen) atoms. The molecule has 2 aromatic heterocycles. The van der Waals surface area contributed by atoms with E-state index in [2.05, 4.69) is 20.2 Å². The van der Waals surface area contributed by atoms with Crippen LogP contribution in [0, 0.1) is 0 Å². The number of nitrogens with zero attached hydrogens (tertiary/aromatic N) is 5. The van der Waals surface area contributed by atoms with Gasteiger partial charge in [0, 0.05) is 45.4 Å². The molecule has 0 unspecified atom stereocenters. The number of nitrogen functional groups attached to an aromatic ring is 1. The Kier molecular flexibility index (Phi) is 5.13. The smallest absolute Gasteiger partial charge is 0.248 e. The number of rotatable bonds is 5. The van der Waals surface area contributed by atoms with E-state index in [4.69, 9.17) is 10.5 Å².